The number of aryl methyl sites for hydroxylation is 1. The highest BCUT2D eigenvalue weighted by atomic mass is 16.5. The maximum Gasteiger partial charge on any atom is 0.161 e. The fourth-order valence-electron chi connectivity index (χ4n) is 2.56. The van der Waals surface area contributed by atoms with Crippen molar-refractivity contribution in [2.75, 3.05) is 12.4 Å². The van der Waals surface area contributed by atoms with E-state index in [1.165, 1.54) is 5.57 Å². The summed E-state index contributed by atoms with van der Waals surface area (Å²) in [5.41, 5.74) is 4.08. The molecule has 1 aromatic carbocycles. The van der Waals surface area contributed by atoms with Crippen molar-refractivity contribution >= 4 is 11.4 Å². The molecule has 2 rings (SSSR count). The summed E-state index contributed by atoms with van der Waals surface area (Å²) in [6.45, 7) is 6.08. The third kappa shape index (κ3) is 3.80. The van der Waals surface area contributed by atoms with Gasteiger partial charge in [-0.15, -0.1) is 0 Å². The summed E-state index contributed by atoms with van der Waals surface area (Å²) in [4.78, 5) is 8.35. The highest BCUT2D eigenvalue weighted by molar-refractivity contribution is 5.73. The molecule has 0 unspecified atom stereocenters. The predicted octanol–water partition coefficient (Wildman–Crippen LogP) is 4.14. The van der Waals surface area contributed by atoms with Gasteiger partial charge in [0.2, 0.25) is 0 Å². The molecular weight excluding hydrogens is 290 g/mol. The Labute approximate surface area is 137 Å². The number of benzene rings is 1. The standard InChI is InChI=1S/C18H23N3O2/c1-5-14(13-9-12(3)18(22)16(10-13)23-4)15(6-2)21-17-11-19-7-8-20-17/h7-11,22H,5-6H2,1-4H3,(H,20,21)/b15-14+. The van der Waals surface area contributed by atoms with E-state index < -0.39 is 0 Å². The van der Waals surface area contributed by atoms with Gasteiger partial charge in [-0.2, -0.15) is 0 Å². The third-order valence-corrected chi connectivity index (χ3v) is 3.75. The van der Waals surface area contributed by atoms with Crippen LogP contribution >= 0.6 is 0 Å². The van der Waals surface area contributed by atoms with Crippen molar-refractivity contribution < 1.29 is 9.84 Å². The average Bonchev–Trinajstić information content (AvgIpc) is 2.58. The van der Waals surface area contributed by atoms with Crippen molar-refractivity contribution in [1.82, 2.24) is 9.97 Å². The smallest absolute Gasteiger partial charge is 0.161 e. The Bertz CT molecular complexity index is 697. The van der Waals surface area contributed by atoms with Crippen molar-refractivity contribution in [2.45, 2.75) is 33.6 Å². The van der Waals surface area contributed by atoms with Gasteiger partial charge >= 0.3 is 0 Å². The average molecular weight is 313 g/mol. The molecule has 0 spiro atoms. The summed E-state index contributed by atoms with van der Waals surface area (Å²) >= 11 is 0. The fourth-order valence-corrected chi connectivity index (χ4v) is 2.56. The summed E-state index contributed by atoms with van der Waals surface area (Å²) < 4.78 is 5.28. The minimum Gasteiger partial charge on any atom is -0.504 e. The minimum absolute atomic E-state index is 0.187. The first kappa shape index (κ1) is 16.8. The Morgan fingerprint density at radius 2 is 2.00 bits per heavy atom. The zero-order valence-corrected chi connectivity index (χ0v) is 14.1. The van der Waals surface area contributed by atoms with Gasteiger partial charge in [-0.25, -0.2) is 4.98 Å². The first-order valence-electron chi connectivity index (χ1n) is 7.73. The van der Waals surface area contributed by atoms with Gasteiger partial charge in [0, 0.05) is 18.1 Å². The maximum atomic E-state index is 10.0. The molecule has 0 atom stereocenters. The van der Waals surface area contributed by atoms with E-state index in [9.17, 15) is 5.11 Å². The van der Waals surface area contributed by atoms with Gasteiger partial charge in [0.25, 0.3) is 0 Å². The molecule has 0 radical (unpaired) electrons. The number of nitrogens with zero attached hydrogens (tertiary/aromatic N) is 2. The van der Waals surface area contributed by atoms with E-state index in [1.807, 2.05) is 19.1 Å². The zero-order valence-electron chi connectivity index (χ0n) is 14.1. The van der Waals surface area contributed by atoms with Crippen molar-refractivity contribution in [3.8, 4) is 11.5 Å². The molecule has 0 aliphatic heterocycles. The van der Waals surface area contributed by atoms with E-state index in [0.29, 0.717) is 5.75 Å². The van der Waals surface area contributed by atoms with E-state index in [1.54, 1.807) is 25.7 Å². The van der Waals surface area contributed by atoms with Gasteiger partial charge in [0.15, 0.2) is 11.5 Å². The lowest BCUT2D eigenvalue weighted by molar-refractivity contribution is 0.371. The lowest BCUT2D eigenvalue weighted by Crippen LogP contribution is -2.05. The molecule has 2 aromatic rings. The van der Waals surface area contributed by atoms with Crippen LogP contribution in [-0.4, -0.2) is 22.2 Å². The predicted molar refractivity (Wildman–Crippen MR) is 92.6 cm³/mol. The zero-order chi connectivity index (χ0) is 16.8. The summed E-state index contributed by atoms with van der Waals surface area (Å²) in [5, 5.41) is 13.4. The lowest BCUT2D eigenvalue weighted by atomic mass is 9.97. The van der Waals surface area contributed by atoms with E-state index in [0.717, 1.165) is 35.5 Å². The molecule has 1 aromatic heterocycles. The SMILES string of the molecule is CC/C(Nc1cnccn1)=C(/CC)c1cc(C)c(O)c(OC)c1. The number of rotatable bonds is 6. The van der Waals surface area contributed by atoms with Crippen LogP contribution in [0.15, 0.2) is 36.4 Å². The first-order valence-corrected chi connectivity index (χ1v) is 7.73. The molecule has 2 N–H and O–H groups in total. The summed E-state index contributed by atoms with van der Waals surface area (Å²) in [6.07, 6.45) is 6.70. The molecule has 0 saturated heterocycles. The minimum atomic E-state index is 0.187. The van der Waals surface area contributed by atoms with Crippen LogP contribution < -0.4 is 10.1 Å². The van der Waals surface area contributed by atoms with Gasteiger partial charge in [-0.3, -0.25) is 4.98 Å². The lowest BCUT2D eigenvalue weighted by Gasteiger charge is -2.17. The first-order chi connectivity index (χ1) is 11.1. The molecule has 5 heteroatoms. The highest BCUT2D eigenvalue weighted by Gasteiger charge is 2.13. The number of ether oxygens (including phenoxy) is 1. The second-order valence-electron chi connectivity index (χ2n) is 5.22. The number of anilines is 1. The Morgan fingerprint density at radius 1 is 1.22 bits per heavy atom. The summed E-state index contributed by atoms with van der Waals surface area (Å²) in [5.74, 6) is 1.39. The molecule has 0 aliphatic carbocycles. The number of phenolic OH excluding ortho intramolecular Hbond substituents is 1. The molecule has 1 heterocycles. The Hall–Kier alpha value is -2.56. The fraction of sp³-hybridized carbons (Fsp3) is 0.333. The third-order valence-electron chi connectivity index (χ3n) is 3.75. The topological polar surface area (TPSA) is 67.3 Å². The van der Waals surface area contributed by atoms with Gasteiger partial charge in [-0.1, -0.05) is 13.8 Å². The number of hydrogen-bond donors (Lipinski definition) is 2. The number of allylic oxidation sites excluding steroid dienone is 2. The normalized spacial score (nSPS) is 11.8. The Kier molecular flexibility index (Phi) is 5.57. The molecule has 0 saturated carbocycles. The molecule has 0 fully saturated rings. The molecule has 122 valence electrons. The van der Waals surface area contributed by atoms with Gasteiger partial charge < -0.3 is 15.2 Å². The maximum absolute atomic E-state index is 10.0. The van der Waals surface area contributed by atoms with Crippen LogP contribution in [0, 0.1) is 6.92 Å². The Morgan fingerprint density at radius 3 is 2.57 bits per heavy atom. The number of hydrogen-bond acceptors (Lipinski definition) is 5. The van der Waals surface area contributed by atoms with Crippen LogP contribution in [0.25, 0.3) is 5.57 Å². The Balaban J connectivity index is 2.48. The number of phenols is 1. The van der Waals surface area contributed by atoms with Crippen LogP contribution in [0.4, 0.5) is 5.82 Å². The van der Waals surface area contributed by atoms with Crippen molar-refractivity contribution in [2.24, 2.45) is 0 Å². The van der Waals surface area contributed by atoms with E-state index in [2.05, 4.69) is 29.1 Å². The van der Waals surface area contributed by atoms with Gasteiger partial charge in [0.05, 0.1) is 13.3 Å². The largest absolute Gasteiger partial charge is 0.504 e. The molecular formula is C18H23N3O2. The van der Waals surface area contributed by atoms with Crippen LogP contribution in [0.2, 0.25) is 0 Å². The van der Waals surface area contributed by atoms with Crippen LogP contribution in [0.1, 0.15) is 37.8 Å². The van der Waals surface area contributed by atoms with E-state index >= 15 is 0 Å². The van der Waals surface area contributed by atoms with Crippen LogP contribution in [0.5, 0.6) is 11.5 Å². The number of nitrogens with one attached hydrogen (secondary N) is 1. The van der Waals surface area contributed by atoms with Gasteiger partial charge in [-0.05, 0) is 48.6 Å². The molecule has 5 nitrogen and oxygen atoms in total. The monoisotopic (exact) mass is 313 g/mol. The van der Waals surface area contributed by atoms with Crippen molar-refractivity contribution in [1.29, 1.82) is 0 Å². The number of methoxy groups -OCH3 is 1. The molecule has 0 aliphatic rings. The molecule has 23 heavy (non-hydrogen) atoms. The number of aromatic nitrogens is 2. The number of aromatic hydroxyl groups is 1. The summed E-state index contributed by atoms with van der Waals surface area (Å²) in [6, 6.07) is 3.85. The van der Waals surface area contributed by atoms with Crippen molar-refractivity contribution in [3.05, 3.63) is 47.5 Å². The van der Waals surface area contributed by atoms with Gasteiger partial charge in [0.1, 0.15) is 5.82 Å². The van der Waals surface area contributed by atoms with E-state index in [-0.39, 0.29) is 5.75 Å². The highest BCUT2D eigenvalue weighted by Crippen LogP contribution is 2.35. The second-order valence-corrected chi connectivity index (χ2v) is 5.22. The van der Waals surface area contributed by atoms with E-state index in [4.69, 9.17) is 4.74 Å². The van der Waals surface area contributed by atoms with Crippen LogP contribution in [0.3, 0.4) is 0 Å². The van der Waals surface area contributed by atoms with Crippen molar-refractivity contribution in [3.63, 3.8) is 0 Å². The molecule has 0 bridgehead atoms. The quantitative estimate of drug-likeness (QED) is 0.839. The van der Waals surface area contributed by atoms with Crippen LogP contribution in [-0.2, 0) is 0 Å². The summed E-state index contributed by atoms with van der Waals surface area (Å²) in [7, 11) is 1.56. The molecule has 0 amide bonds. The second kappa shape index (κ2) is 7.63.